The van der Waals surface area contributed by atoms with E-state index in [9.17, 15) is 0 Å². The fraction of sp³-hybridized carbons (Fsp3) is 0.538. The predicted molar refractivity (Wildman–Crippen MR) is 71.2 cm³/mol. The molecule has 0 fully saturated rings. The molecule has 0 aliphatic rings. The van der Waals surface area contributed by atoms with E-state index >= 15 is 0 Å². The Bertz CT molecular complexity index is 300. The van der Waals surface area contributed by atoms with Crippen molar-refractivity contribution in [3.05, 3.63) is 34.9 Å². The predicted octanol–water partition coefficient (Wildman–Crippen LogP) is 2.47. The van der Waals surface area contributed by atoms with Gasteiger partial charge >= 0.3 is 0 Å². The smallest absolute Gasteiger partial charge is 0.0408 e. The Labute approximate surface area is 103 Å². The Morgan fingerprint density at radius 1 is 1.19 bits per heavy atom. The molecule has 0 aliphatic carbocycles. The van der Waals surface area contributed by atoms with Crippen LogP contribution in [0.2, 0.25) is 5.02 Å². The van der Waals surface area contributed by atoms with Crippen LogP contribution < -0.4 is 10.6 Å². The van der Waals surface area contributed by atoms with E-state index in [1.807, 2.05) is 18.2 Å². The summed E-state index contributed by atoms with van der Waals surface area (Å²) in [4.78, 5) is 0. The van der Waals surface area contributed by atoms with Crippen LogP contribution in [0.15, 0.2) is 24.3 Å². The molecule has 2 N–H and O–H groups in total. The van der Waals surface area contributed by atoms with Gasteiger partial charge in [-0.05, 0) is 30.7 Å². The summed E-state index contributed by atoms with van der Waals surface area (Å²) in [5, 5.41) is 7.59. The van der Waals surface area contributed by atoms with Crippen LogP contribution in [0, 0.1) is 0 Å². The highest BCUT2D eigenvalue weighted by Crippen LogP contribution is 2.10. The van der Waals surface area contributed by atoms with Crippen molar-refractivity contribution < 1.29 is 0 Å². The van der Waals surface area contributed by atoms with Gasteiger partial charge in [0.1, 0.15) is 0 Å². The van der Waals surface area contributed by atoms with E-state index in [-0.39, 0.29) is 0 Å². The van der Waals surface area contributed by atoms with Gasteiger partial charge in [-0.25, -0.2) is 0 Å². The highest BCUT2D eigenvalue weighted by Gasteiger charge is 1.95. The zero-order chi connectivity index (χ0) is 11.8. The summed E-state index contributed by atoms with van der Waals surface area (Å²) in [5.41, 5.74) is 1.29. The van der Waals surface area contributed by atoms with Crippen LogP contribution in [0.5, 0.6) is 0 Å². The second kappa shape index (κ2) is 7.66. The van der Waals surface area contributed by atoms with E-state index < -0.39 is 0 Å². The Kier molecular flexibility index (Phi) is 6.46. The van der Waals surface area contributed by atoms with Crippen molar-refractivity contribution in [1.82, 2.24) is 10.6 Å². The number of hydrogen-bond acceptors (Lipinski definition) is 2. The van der Waals surface area contributed by atoms with Crippen molar-refractivity contribution in [3.63, 3.8) is 0 Å². The summed E-state index contributed by atoms with van der Waals surface area (Å²) in [6.45, 7) is 7.35. The molecule has 0 spiro atoms. The quantitative estimate of drug-likeness (QED) is 0.716. The van der Waals surface area contributed by atoms with E-state index in [2.05, 4.69) is 30.5 Å². The van der Waals surface area contributed by atoms with Gasteiger partial charge in [-0.2, -0.15) is 0 Å². The Morgan fingerprint density at radius 3 is 2.69 bits per heavy atom. The van der Waals surface area contributed by atoms with Crippen LogP contribution in [-0.4, -0.2) is 25.7 Å². The standard InChI is InChI=1S/C13H21ClN2/c1-11(2)16-9-8-15-7-6-12-4-3-5-13(14)10-12/h3-5,10-11,15-16H,6-9H2,1-2H3. The molecule has 16 heavy (non-hydrogen) atoms. The Hall–Kier alpha value is -0.570. The van der Waals surface area contributed by atoms with Crippen molar-refractivity contribution in [2.24, 2.45) is 0 Å². The summed E-state index contributed by atoms with van der Waals surface area (Å²) in [7, 11) is 0. The molecule has 0 bridgehead atoms. The lowest BCUT2D eigenvalue weighted by atomic mass is 10.1. The van der Waals surface area contributed by atoms with Gasteiger partial charge in [0.05, 0.1) is 0 Å². The molecular weight excluding hydrogens is 220 g/mol. The van der Waals surface area contributed by atoms with Crippen LogP contribution in [0.4, 0.5) is 0 Å². The average molecular weight is 241 g/mol. The third-order valence-electron chi connectivity index (χ3n) is 2.33. The summed E-state index contributed by atoms with van der Waals surface area (Å²) < 4.78 is 0. The zero-order valence-corrected chi connectivity index (χ0v) is 10.8. The van der Waals surface area contributed by atoms with Crippen molar-refractivity contribution in [2.75, 3.05) is 19.6 Å². The Morgan fingerprint density at radius 2 is 2.00 bits per heavy atom. The molecule has 0 atom stereocenters. The minimum atomic E-state index is 0.565. The summed E-state index contributed by atoms with van der Waals surface area (Å²) in [6.07, 6.45) is 1.03. The van der Waals surface area contributed by atoms with E-state index in [0.29, 0.717) is 6.04 Å². The fourth-order valence-electron chi connectivity index (χ4n) is 1.50. The molecule has 1 aromatic rings. The maximum absolute atomic E-state index is 5.91. The molecule has 0 aliphatic heterocycles. The van der Waals surface area contributed by atoms with Crippen LogP contribution in [0.1, 0.15) is 19.4 Å². The van der Waals surface area contributed by atoms with E-state index in [1.165, 1.54) is 5.56 Å². The van der Waals surface area contributed by atoms with Crippen LogP contribution in [0.25, 0.3) is 0 Å². The minimum Gasteiger partial charge on any atom is -0.315 e. The van der Waals surface area contributed by atoms with Crippen LogP contribution in [-0.2, 0) is 6.42 Å². The van der Waals surface area contributed by atoms with Crippen molar-refractivity contribution in [1.29, 1.82) is 0 Å². The topological polar surface area (TPSA) is 24.1 Å². The average Bonchev–Trinajstić information content (AvgIpc) is 2.23. The van der Waals surface area contributed by atoms with Crippen LogP contribution in [0.3, 0.4) is 0 Å². The second-order valence-corrected chi connectivity index (χ2v) is 4.68. The third kappa shape index (κ3) is 6.11. The molecule has 0 aromatic heterocycles. The first kappa shape index (κ1) is 13.5. The van der Waals surface area contributed by atoms with Crippen molar-refractivity contribution in [3.8, 4) is 0 Å². The minimum absolute atomic E-state index is 0.565. The number of nitrogens with one attached hydrogen (secondary N) is 2. The van der Waals surface area contributed by atoms with E-state index in [1.54, 1.807) is 0 Å². The lowest BCUT2D eigenvalue weighted by Crippen LogP contribution is -2.32. The first-order valence-electron chi connectivity index (χ1n) is 5.87. The van der Waals surface area contributed by atoms with Crippen molar-refractivity contribution in [2.45, 2.75) is 26.3 Å². The SMILES string of the molecule is CC(C)NCCNCCc1cccc(Cl)c1. The molecule has 0 unspecified atom stereocenters. The fourth-order valence-corrected chi connectivity index (χ4v) is 1.71. The first-order chi connectivity index (χ1) is 7.68. The monoisotopic (exact) mass is 240 g/mol. The van der Waals surface area contributed by atoms with Crippen LogP contribution >= 0.6 is 11.6 Å². The zero-order valence-electron chi connectivity index (χ0n) is 10.1. The van der Waals surface area contributed by atoms with Gasteiger partial charge in [-0.3, -0.25) is 0 Å². The highest BCUT2D eigenvalue weighted by atomic mass is 35.5. The molecule has 0 radical (unpaired) electrons. The molecule has 2 nitrogen and oxygen atoms in total. The van der Waals surface area contributed by atoms with E-state index in [0.717, 1.165) is 31.1 Å². The van der Waals surface area contributed by atoms with Gasteiger partial charge in [0.2, 0.25) is 0 Å². The normalized spacial score (nSPS) is 11.0. The number of hydrogen-bond donors (Lipinski definition) is 2. The molecule has 1 rings (SSSR count). The second-order valence-electron chi connectivity index (χ2n) is 4.24. The Balaban J connectivity index is 2.07. The summed E-state index contributed by atoms with van der Waals surface area (Å²) in [6, 6.07) is 8.60. The molecule has 0 saturated heterocycles. The first-order valence-corrected chi connectivity index (χ1v) is 6.25. The van der Waals surface area contributed by atoms with Gasteiger partial charge < -0.3 is 10.6 Å². The highest BCUT2D eigenvalue weighted by molar-refractivity contribution is 6.30. The van der Waals surface area contributed by atoms with E-state index in [4.69, 9.17) is 11.6 Å². The lowest BCUT2D eigenvalue weighted by molar-refractivity contribution is 0.556. The van der Waals surface area contributed by atoms with Crippen molar-refractivity contribution >= 4 is 11.6 Å². The summed E-state index contributed by atoms with van der Waals surface area (Å²) in [5.74, 6) is 0. The molecule has 0 saturated carbocycles. The number of rotatable bonds is 7. The third-order valence-corrected chi connectivity index (χ3v) is 2.57. The maximum atomic E-state index is 5.91. The molecule has 0 amide bonds. The van der Waals surface area contributed by atoms with Gasteiger partial charge in [-0.15, -0.1) is 0 Å². The largest absolute Gasteiger partial charge is 0.315 e. The number of benzene rings is 1. The molecule has 90 valence electrons. The molecule has 3 heteroatoms. The number of halogens is 1. The maximum Gasteiger partial charge on any atom is 0.0408 e. The lowest BCUT2D eigenvalue weighted by Gasteiger charge is -2.09. The van der Waals surface area contributed by atoms with Gasteiger partial charge in [0, 0.05) is 24.2 Å². The van der Waals surface area contributed by atoms with Gasteiger partial charge in [0.15, 0.2) is 0 Å². The van der Waals surface area contributed by atoms with Gasteiger partial charge in [0.25, 0.3) is 0 Å². The molecular formula is C13H21ClN2. The summed E-state index contributed by atoms with van der Waals surface area (Å²) >= 11 is 5.91. The van der Waals surface area contributed by atoms with Gasteiger partial charge in [-0.1, -0.05) is 37.6 Å². The molecule has 1 aromatic carbocycles. The molecule has 0 heterocycles.